The molecular formula is C16H27ClN2. The Morgan fingerprint density at radius 1 is 1.11 bits per heavy atom. The molecular weight excluding hydrogens is 256 g/mol. The Bertz CT molecular complexity index is 348. The van der Waals surface area contributed by atoms with Gasteiger partial charge in [0.05, 0.1) is 0 Å². The topological polar surface area (TPSA) is 15.3 Å². The van der Waals surface area contributed by atoms with Crippen molar-refractivity contribution in [1.82, 2.24) is 10.2 Å². The lowest BCUT2D eigenvalue weighted by Crippen LogP contribution is -2.31. The monoisotopic (exact) mass is 282 g/mol. The van der Waals surface area contributed by atoms with E-state index < -0.39 is 0 Å². The van der Waals surface area contributed by atoms with Crippen LogP contribution in [0.2, 0.25) is 5.02 Å². The standard InChI is InChI=1S/C16H27ClN2/c1-13(2)9-10-18-11-12-19(4)14(3)15-5-7-16(17)8-6-15/h5-8,13-14,18H,9-12H2,1-4H3. The van der Waals surface area contributed by atoms with Crippen LogP contribution >= 0.6 is 11.6 Å². The third-order valence-electron chi connectivity index (χ3n) is 3.55. The zero-order valence-corrected chi connectivity index (χ0v) is 13.4. The minimum atomic E-state index is 0.421. The summed E-state index contributed by atoms with van der Waals surface area (Å²) in [5.41, 5.74) is 1.31. The van der Waals surface area contributed by atoms with Crippen LogP contribution < -0.4 is 5.32 Å². The van der Waals surface area contributed by atoms with Gasteiger partial charge < -0.3 is 5.32 Å². The van der Waals surface area contributed by atoms with Crippen LogP contribution in [0.25, 0.3) is 0 Å². The van der Waals surface area contributed by atoms with Crippen molar-refractivity contribution in [3.8, 4) is 0 Å². The van der Waals surface area contributed by atoms with Gasteiger partial charge in [-0.1, -0.05) is 37.6 Å². The molecule has 1 N–H and O–H groups in total. The summed E-state index contributed by atoms with van der Waals surface area (Å²) in [6, 6.07) is 8.56. The van der Waals surface area contributed by atoms with E-state index in [4.69, 9.17) is 11.6 Å². The van der Waals surface area contributed by atoms with Crippen LogP contribution in [-0.4, -0.2) is 31.6 Å². The highest BCUT2D eigenvalue weighted by Crippen LogP contribution is 2.20. The van der Waals surface area contributed by atoms with Gasteiger partial charge in [0, 0.05) is 24.2 Å². The zero-order chi connectivity index (χ0) is 14.3. The second-order valence-electron chi connectivity index (χ2n) is 5.64. The first-order valence-corrected chi connectivity index (χ1v) is 7.55. The van der Waals surface area contributed by atoms with Crippen LogP contribution in [-0.2, 0) is 0 Å². The van der Waals surface area contributed by atoms with Crippen molar-refractivity contribution in [3.63, 3.8) is 0 Å². The Labute approximate surface area is 123 Å². The molecule has 0 aromatic heterocycles. The average Bonchev–Trinajstić information content (AvgIpc) is 2.37. The molecule has 0 heterocycles. The maximum atomic E-state index is 5.92. The van der Waals surface area contributed by atoms with Crippen molar-refractivity contribution in [3.05, 3.63) is 34.9 Å². The van der Waals surface area contributed by atoms with Crippen LogP contribution in [0.5, 0.6) is 0 Å². The summed E-state index contributed by atoms with van der Waals surface area (Å²) < 4.78 is 0. The Morgan fingerprint density at radius 3 is 2.32 bits per heavy atom. The molecule has 1 aromatic carbocycles. The van der Waals surface area contributed by atoms with Gasteiger partial charge in [-0.25, -0.2) is 0 Å². The van der Waals surface area contributed by atoms with E-state index in [2.05, 4.69) is 50.2 Å². The quantitative estimate of drug-likeness (QED) is 0.726. The number of hydrogen-bond donors (Lipinski definition) is 1. The van der Waals surface area contributed by atoms with Crippen molar-refractivity contribution < 1.29 is 0 Å². The number of likely N-dealkylation sites (N-methyl/N-ethyl adjacent to an activating group) is 1. The number of rotatable bonds is 8. The van der Waals surface area contributed by atoms with Gasteiger partial charge >= 0.3 is 0 Å². The third-order valence-corrected chi connectivity index (χ3v) is 3.81. The average molecular weight is 283 g/mol. The number of nitrogens with zero attached hydrogens (tertiary/aromatic N) is 1. The first-order chi connectivity index (χ1) is 9.00. The summed E-state index contributed by atoms with van der Waals surface area (Å²) in [5.74, 6) is 0.776. The SMILES string of the molecule is CC(C)CCNCCN(C)C(C)c1ccc(Cl)cc1. The van der Waals surface area contributed by atoms with Gasteiger partial charge in [-0.15, -0.1) is 0 Å². The first kappa shape index (κ1) is 16.5. The van der Waals surface area contributed by atoms with E-state index in [9.17, 15) is 0 Å². The minimum Gasteiger partial charge on any atom is -0.315 e. The molecule has 0 saturated heterocycles. The predicted octanol–water partition coefficient (Wildman–Crippen LogP) is 3.97. The van der Waals surface area contributed by atoms with Crippen LogP contribution in [0.4, 0.5) is 0 Å². The summed E-state index contributed by atoms with van der Waals surface area (Å²) in [4.78, 5) is 2.37. The fourth-order valence-electron chi connectivity index (χ4n) is 1.96. The molecule has 108 valence electrons. The number of benzene rings is 1. The molecule has 0 aliphatic carbocycles. The fraction of sp³-hybridized carbons (Fsp3) is 0.625. The highest BCUT2D eigenvalue weighted by Gasteiger charge is 2.10. The molecule has 0 radical (unpaired) electrons. The molecule has 19 heavy (non-hydrogen) atoms. The number of nitrogens with one attached hydrogen (secondary N) is 1. The maximum Gasteiger partial charge on any atom is 0.0406 e. The van der Waals surface area contributed by atoms with Crippen molar-refractivity contribution in [2.45, 2.75) is 33.2 Å². The highest BCUT2D eigenvalue weighted by atomic mass is 35.5. The number of hydrogen-bond acceptors (Lipinski definition) is 2. The molecule has 0 aliphatic heterocycles. The second kappa shape index (κ2) is 8.57. The Morgan fingerprint density at radius 2 is 1.74 bits per heavy atom. The van der Waals surface area contributed by atoms with Gasteiger partial charge in [0.2, 0.25) is 0 Å². The molecule has 2 nitrogen and oxygen atoms in total. The van der Waals surface area contributed by atoms with Crippen molar-refractivity contribution in [2.24, 2.45) is 5.92 Å². The second-order valence-corrected chi connectivity index (χ2v) is 6.08. The molecule has 0 bridgehead atoms. The first-order valence-electron chi connectivity index (χ1n) is 7.17. The fourth-order valence-corrected chi connectivity index (χ4v) is 2.09. The lowest BCUT2D eigenvalue weighted by Gasteiger charge is -2.25. The normalized spacial score (nSPS) is 13.2. The molecule has 1 atom stereocenters. The van der Waals surface area contributed by atoms with E-state index in [1.807, 2.05) is 12.1 Å². The molecule has 0 saturated carbocycles. The van der Waals surface area contributed by atoms with Gasteiger partial charge in [-0.2, -0.15) is 0 Å². The summed E-state index contributed by atoms with van der Waals surface area (Å²) in [6.45, 7) is 9.97. The largest absolute Gasteiger partial charge is 0.315 e. The molecule has 3 heteroatoms. The van der Waals surface area contributed by atoms with E-state index in [1.54, 1.807) is 0 Å². The van der Waals surface area contributed by atoms with Crippen molar-refractivity contribution in [2.75, 3.05) is 26.7 Å². The van der Waals surface area contributed by atoms with Crippen molar-refractivity contribution >= 4 is 11.6 Å². The molecule has 0 aliphatic rings. The van der Waals surface area contributed by atoms with Gasteiger partial charge in [-0.05, 0) is 50.6 Å². The molecule has 1 aromatic rings. The lowest BCUT2D eigenvalue weighted by atomic mass is 10.1. The maximum absolute atomic E-state index is 5.92. The number of halogens is 1. The van der Waals surface area contributed by atoms with Gasteiger partial charge in [-0.3, -0.25) is 4.90 Å². The van der Waals surface area contributed by atoms with Crippen LogP contribution in [0, 0.1) is 5.92 Å². The lowest BCUT2D eigenvalue weighted by molar-refractivity contribution is 0.260. The van der Waals surface area contributed by atoms with Gasteiger partial charge in [0.15, 0.2) is 0 Å². The molecule has 0 spiro atoms. The van der Waals surface area contributed by atoms with E-state index >= 15 is 0 Å². The Balaban J connectivity index is 2.28. The van der Waals surface area contributed by atoms with E-state index in [-0.39, 0.29) is 0 Å². The van der Waals surface area contributed by atoms with E-state index in [0.717, 1.165) is 30.6 Å². The Hall–Kier alpha value is -0.570. The summed E-state index contributed by atoms with van der Waals surface area (Å²) in [5, 5.41) is 4.30. The molecule has 1 rings (SSSR count). The van der Waals surface area contributed by atoms with Crippen LogP contribution in [0.15, 0.2) is 24.3 Å². The summed E-state index contributed by atoms with van der Waals surface area (Å²) >= 11 is 5.92. The third kappa shape index (κ3) is 6.42. The molecule has 0 amide bonds. The van der Waals surface area contributed by atoms with Gasteiger partial charge in [0.1, 0.15) is 0 Å². The summed E-state index contributed by atoms with van der Waals surface area (Å²) in [6.07, 6.45) is 1.25. The van der Waals surface area contributed by atoms with E-state index in [0.29, 0.717) is 6.04 Å². The smallest absolute Gasteiger partial charge is 0.0406 e. The molecule has 1 unspecified atom stereocenters. The van der Waals surface area contributed by atoms with Crippen LogP contribution in [0.1, 0.15) is 38.8 Å². The summed E-state index contributed by atoms with van der Waals surface area (Å²) in [7, 11) is 2.17. The van der Waals surface area contributed by atoms with Crippen LogP contribution in [0.3, 0.4) is 0 Å². The van der Waals surface area contributed by atoms with Crippen molar-refractivity contribution in [1.29, 1.82) is 0 Å². The predicted molar refractivity (Wildman–Crippen MR) is 84.8 cm³/mol. The molecule has 0 fully saturated rings. The zero-order valence-electron chi connectivity index (χ0n) is 12.6. The Kier molecular flexibility index (Phi) is 7.44. The van der Waals surface area contributed by atoms with Gasteiger partial charge in [0.25, 0.3) is 0 Å². The minimum absolute atomic E-state index is 0.421. The highest BCUT2D eigenvalue weighted by molar-refractivity contribution is 6.30. The van der Waals surface area contributed by atoms with E-state index in [1.165, 1.54) is 12.0 Å².